The lowest BCUT2D eigenvalue weighted by atomic mass is 9.98. The van der Waals surface area contributed by atoms with Gasteiger partial charge >= 0.3 is 12.1 Å². The van der Waals surface area contributed by atoms with Gasteiger partial charge in [0.1, 0.15) is 16.5 Å². The van der Waals surface area contributed by atoms with Gasteiger partial charge in [-0.15, -0.1) is 11.3 Å². The minimum Gasteiger partial charge on any atom is -0.480 e. The molecule has 4 aromatic rings. The predicted molar refractivity (Wildman–Crippen MR) is 154 cm³/mol. The highest BCUT2D eigenvalue weighted by Gasteiger charge is 2.30. The topological polar surface area (TPSA) is 127 Å². The van der Waals surface area contributed by atoms with Gasteiger partial charge in [0.05, 0.1) is 25.5 Å². The smallest absolute Gasteiger partial charge is 0.407 e. The molecule has 10 heteroatoms. The summed E-state index contributed by atoms with van der Waals surface area (Å²) >= 11 is 1.06. The van der Waals surface area contributed by atoms with E-state index in [9.17, 15) is 19.5 Å². The summed E-state index contributed by atoms with van der Waals surface area (Å²) in [7, 11) is 0. The predicted octanol–water partition coefficient (Wildman–Crippen LogP) is 4.97. The molecule has 5 rings (SSSR count). The number of alkyl carbamates (subject to hydrolysis) is 1. The van der Waals surface area contributed by atoms with Crippen molar-refractivity contribution in [3.63, 3.8) is 0 Å². The van der Waals surface area contributed by atoms with Crippen LogP contribution in [0, 0.1) is 0 Å². The molecule has 2 unspecified atom stereocenters. The van der Waals surface area contributed by atoms with Crippen molar-refractivity contribution in [1.29, 1.82) is 0 Å². The number of carbonyl (C=O) groups is 3. The lowest BCUT2D eigenvalue weighted by Gasteiger charge is -2.21. The van der Waals surface area contributed by atoms with Gasteiger partial charge in [-0.25, -0.2) is 14.6 Å². The Morgan fingerprint density at radius 2 is 1.59 bits per heavy atom. The molecule has 3 aromatic carbocycles. The largest absolute Gasteiger partial charge is 0.480 e. The number of aliphatic carboxylic acids is 1. The van der Waals surface area contributed by atoms with Crippen molar-refractivity contribution in [3.8, 4) is 11.1 Å². The van der Waals surface area contributed by atoms with Gasteiger partial charge in [-0.1, -0.05) is 78.9 Å². The summed E-state index contributed by atoms with van der Waals surface area (Å²) in [5.74, 6) is -1.84. The van der Waals surface area contributed by atoms with E-state index >= 15 is 0 Å². The number of carbonyl (C=O) groups excluding carboxylic acids is 2. The fourth-order valence-corrected chi connectivity index (χ4v) is 5.55. The van der Waals surface area contributed by atoms with Crippen LogP contribution in [-0.4, -0.2) is 46.8 Å². The average Bonchev–Trinajstić information content (AvgIpc) is 3.60. The van der Waals surface area contributed by atoms with E-state index in [-0.39, 0.29) is 30.6 Å². The number of benzene rings is 3. The molecule has 0 aliphatic heterocycles. The third kappa shape index (κ3) is 6.62. The number of nitrogens with zero attached hydrogens (tertiary/aromatic N) is 1. The first-order valence-corrected chi connectivity index (χ1v) is 13.9. The number of fused-ring (bicyclic) bond motifs is 3. The van der Waals surface area contributed by atoms with Crippen LogP contribution >= 0.6 is 11.3 Å². The van der Waals surface area contributed by atoms with Crippen molar-refractivity contribution in [2.75, 3.05) is 6.61 Å². The van der Waals surface area contributed by atoms with Gasteiger partial charge in [-0.05, 0) is 34.7 Å². The molecular formula is C31H29N3O6S. The molecule has 0 saturated carbocycles. The van der Waals surface area contributed by atoms with E-state index in [1.54, 1.807) is 6.92 Å². The number of carboxylic acids is 1. The van der Waals surface area contributed by atoms with E-state index in [1.807, 2.05) is 54.6 Å². The Morgan fingerprint density at radius 1 is 0.951 bits per heavy atom. The first-order valence-electron chi connectivity index (χ1n) is 13.1. The number of carboxylic acid groups (broad SMARTS) is 1. The van der Waals surface area contributed by atoms with Crippen molar-refractivity contribution in [3.05, 3.63) is 112 Å². The monoisotopic (exact) mass is 571 g/mol. The first kappa shape index (κ1) is 28.0. The van der Waals surface area contributed by atoms with Crippen molar-refractivity contribution in [2.24, 2.45) is 0 Å². The van der Waals surface area contributed by atoms with Crippen LogP contribution in [0.3, 0.4) is 0 Å². The SMILES string of the molecule is CC(OCc1ccccc1)C(NC(=O)c1cnc(CNC(=O)OCC2c3ccccc3-c3ccccc32)s1)C(=O)O. The zero-order valence-electron chi connectivity index (χ0n) is 22.3. The van der Waals surface area contributed by atoms with E-state index in [0.717, 1.165) is 39.2 Å². The maximum Gasteiger partial charge on any atom is 0.407 e. The second-order valence-corrected chi connectivity index (χ2v) is 10.7. The van der Waals surface area contributed by atoms with Crippen LogP contribution in [-0.2, 0) is 27.4 Å². The summed E-state index contributed by atoms with van der Waals surface area (Å²) in [6, 6.07) is 24.3. The van der Waals surface area contributed by atoms with Crippen LogP contribution in [0.25, 0.3) is 11.1 Å². The third-order valence-corrected chi connectivity index (χ3v) is 7.88. The maximum absolute atomic E-state index is 12.8. The lowest BCUT2D eigenvalue weighted by molar-refractivity contribution is -0.143. The van der Waals surface area contributed by atoms with Gasteiger partial charge < -0.3 is 25.2 Å². The van der Waals surface area contributed by atoms with Crippen molar-refractivity contribution in [2.45, 2.75) is 38.1 Å². The van der Waals surface area contributed by atoms with Gasteiger partial charge in [0, 0.05) is 5.92 Å². The molecule has 0 fully saturated rings. The third-order valence-electron chi connectivity index (χ3n) is 6.88. The van der Waals surface area contributed by atoms with Gasteiger partial charge in [0.2, 0.25) is 0 Å². The second-order valence-electron chi connectivity index (χ2n) is 9.59. The number of nitrogens with one attached hydrogen (secondary N) is 2. The zero-order valence-corrected chi connectivity index (χ0v) is 23.1. The molecule has 0 radical (unpaired) electrons. The summed E-state index contributed by atoms with van der Waals surface area (Å²) in [5.41, 5.74) is 5.43. The Kier molecular flexibility index (Phi) is 8.71. The van der Waals surface area contributed by atoms with Crippen LogP contribution in [0.2, 0.25) is 0 Å². The number of thiazole rings is 1. The van der Waals surface area contributed by atoms with Crippen molar-refractivity contribution >= 4 is 29.3 Å². The van der Waals surface area contributed by atoms with E-state index in [4.69, 9.17) is 9.47 Å². The molecule has 2 amide bonds. The summed E-state index contributed by atoms with van der Waals surface area (Å²) in [6.07, 6.45) is -0.0222. The average molecular weight is 572 g/mol. The van der Waals surface area contributed by atoms with E-state index < -0.39 is 30.1 Å². The van der Waals surface area contributed by atoms with Crippen LogP contribution in [0.15, 0.2) is 85.1 Å². The molecule has 2 atom stereocenters. The summed E-state index contributed by atoms with van der Waals surface area (Å²) in [6.45, 7) is 2.06. The van der Waals surface area contributed by atoms with Crippen molar-refractivity contribution < 1.29 is 29.0 Å². The minimum atomic E-state index is -1.25. The molecule has 1 aliphatic rings. The molecule has 1 heterocycles. The number of aromatic nitrogens is 1. The van der Waals surface area contributed by atoms with Crippen molar-refractivity contribution in [1.82, 2.24) is 15.6 Å². The molecule has 0 bridgehead atoms. The van der Waals surface area contributed by atoms with E-state index in [1.165, 1.54) is 6.20 Å². The minimum absolute atomic E-state index is 0.0513. The number of ether oxygens (including phenoxy) is 2. The standard InChI is InChI=1S/C31H29N3O6S/c1-19(39-17-20-9-3-2-4-10-20)28(30(36)37)34-29(35)26-15-32-27(41-26)16-33-31(38)40-18-25-23-13-7-5-11-21(23)22-12-6-8-14-24(22)25/h2-15,19,25,28H,16-18H2,1H3,(H,33,38)(H,34,35)(H,36,37). The number of hydrogen-bond donors (Lipinski definition) is 3. The maximum atomic E-state index is 12.8. The molecule has 1 aromatic heterocycles. The molecule has 3 N–H and O–H groups in total. The van der Waals surface area contributed by atoms with Gasteiger partial charge in [0.25, 0.3) is 5.91 Å². The second kappa shape index (κ2) is 12.8. The summed E-state index contributed by atoms with van der Waals surface area (Å²) in [4.78, 5) is 41.5. The molecule has 210 valence electrons. The highest BCUT2D eigenvalue weighted by molar-refractivity contribution is 7.13. The zero-order chi connectivity index (χ0) is 28.8. The van der Waals surface area contributed by atoms with Crippen LogP contribution < -0.4 is 10.6 Å². The fraction of sp³-hybridized carbons (Fsp3) is 0.226. The molecule has 0 saturated heterocycles. The molecule has 1 aliphatic carbocycles. The number of hydrogen-bond acceptors (Lipinski definition) is 7. The van der Waals surface area contributed by atoms with Gasteiger partial charge in [-0.3, -0.25) is 4.79 Å². The molecule has 9 nitrogen and oxygen atoms in total. The normalized spacial score (nSPS) is 13.5. The Bertz CT molecular complexity index is 1490. The number of rotatable bonds is 11. The Labute approximate surface area is 241 Å². The Morgan fingerprint density at radius 3 is 2.24 bits per heavy atom. The summed E-state index contributed by atoms with van der Waals surface area (Å²) < 4.78 is 11.2. The number of amides is 2. The fourth-order valence-electron chi connectivity index (χ4n) is 4.78. The summed E-state index contributed by atoms with van der Waals surface area (Å²) in [5, 5.41) is 15.3. The van der Waals surface area contributed by atoms with Gasteiger partial charge in [0.15, 0.2) is 6.04 Å². The van der Waals surface area contributed by atoms with Gasteiger partial charge in [-0.2, -0.15) is 0 Å². The quantitative estimate of drug-likeness (QED) is 0.232. The molecular weight excluding hydrogens is 542 g/mol. The van der Waals surface area contributed by atoms with Crippen LogP contribution in [0.1, 0.15) is 44.2 Å². The van der Waals surface area contributed by atoms with E-state index in [0.29, 0.717) is 5.01 Å². The van der Waals surface area contributed by atoms with Crippen LogP contribution in [0.4, 0.5) is 4.79 Å². The highest BCUT2D eigenvalue weighted by atomic mass is 32.1. The first-order chi connectivity index (χ1) is 19.9. The lowest BCUT2D eigenvalue weighted by Crippen LogP contribution is -2.48. The van der Waals surface area contributed by atoms with E-state index in [2.05, 4.69) is 39.9 Å². The molecule has 41 heavy (non-hydrogen) atoms. The van der Waals surface area contributed by atoms with Crippen LogP contribution in [0.5, 0.6) is 0 Å². The Balaban J connectivity index is 1.11. The Hall–Kier alpha value is -4.54. The molecule has 0 spiro atoms. The highest BCUT2D eigenvalue weighted by Crippen LogP contribution is 2.44.